The number of fused-ring (bicyclic) bond motifs is 2. The van der Waals surface area contributed by atoms with Crippen LogP contribution in [0.5, 0.6) is 0 Å². The average molecular weight is 410 g/mol. The van der Waals surface area contributed by atoms with Crippen LogP contribution in [0.15, 0.2) is 34.8 Å². The molecule has 0 fully saturated rings. The highest BCUT2D eigenvalue weighted by atomic mass is 32.1. The van der Waals surface area contributed by atoms with Crippen LogP contribution in [0, 0.1) is 12.8 Å². The summed E-state index contributed by atoms with van der Waals surface area (Å²) in [4.78, 5) is 26.0. The van der Waals surface area contributed by atoms with Gasteiger partial charge in [0.15, 0.2) is 0 Å². The van der Waals surface area contributed by atoms with Crippen LogP contribution in [0.4, 0.5) is 5.00 Å². The van der Waals surface area contributed by atoms with E-state index < -0.39 is 5.97 Å². The van der Waals surface area contributed by atoms with Crippen molar-refractivity contribution in [2.24, 2.45) is 5.92 Å². The predicted octanol–water partition coefficient (Wildman–Crippen LogP) is 5.37. The maximum Gasteiger partial charge on any atom is 0.341 e. The van der Waals surface area contributed by atoms with Gasteiger partial charge in [-0.05, 0) is 61.9 Å². The van der Waals surface area contributed by atoms with Crippen LogP contribution in [-0.4, -0.2) is 19.0 Å². The number of methoxy groups -OCH3 is 1. The Balaban J connectivity index is 1.55. The van der Waals surface area contributed by atoms with E-state index in [0.29, 0.717) is 22.2 Å². The Bertz CT molecular complexity index is 1120. The van der Waals surface area contributed by atoms with Gasteiger partial charge in [0.2, 0.25) is 5.91 Å². The van der Waals surface area contributed by atoms with E-state index in [0.717, 1.165) is 46.2 Å². The molecule has 29 heavy (non-hydrogen) atoms. The number of esters is 1. The molecule has 0 spiro atoms. The number of aryl methyl sites for hydroxylation is 1. The highest BCUT2D eigenvalue weighted by Gasteiger charge is 2.28. The van der Waals surface area contributed by atoms with Gasteiger partial charge in [-0.25, -0.2) is 4.79 Å². The van der Waals surface area contributed by atoms with Gasteiger partial charge in [0.1, 0.15) is 16.3 Å². The Morgan fingerprint density at radius 2 is 2.14 bits per heavy atom. The minimum Gasteiger partial charge on any atom is -0.465 e. The van der Waals surface area contributed by atoms with Crippen molar-refractivity contribution in [3.63, 3.8) is 0 Å². The largest absolute Gasteiger partial charge is 0.465 e. The van der Waals surface area contributed by atoms with E-state index in [1.165, 1.54) is 24.5 Å². The highest BCUT2D eigenvalue weighted by molar-refractivity contribution is 7.17. The predicted molar refractivity (Wildman–Crippen MR) is 115 cm³/mol. The summed E-state index contributed by atoms with van der Waals surface area (Å²) in [5, 5.41) is 4.42. The second-order valence-corrected chi connectivity index (χ2v) is 8.67. The van der Waals surface area contributed by atoms with Gasteiger partial charge in [0, 0.05) is 16.3 Å². The molecule has 1 aromatic carbocycles. The maximum absolute atomic E-state index is 12.5. The summed E-state index contributed by atoms with van der Waals surface area (Å²) in [7, 11) is 1.37. The van der Waals surface area contributed by atoms with E-state index >= 15 is 0 Å². The minimum atomic E-state index is -0.399. The number of rotatable bonds is 4. The molecule has 0 saturated carbocycles. The molecule has 150 valence electrons. The molecule has 1 aliphatic rings. The van der Waals surface area contributed by atoms with Crippen molar-refractivity contribution in [1.29, 1.82) is 0 Å². The topological polar surface area (TPSA) is 68.5 Å². The van der Waals surface area contributed by atoms with Gasteiger partial charge in [0.05, 0.1) is 12.7 Å². The zero-order chi connectivity index (χ0) is 20.5. The van der Waals surface area contributed by atoms with E-state index in [1.54, 1.807) is 6.08 Å². The third-order valence-electron chi connectivity index (χ3n) is 5.23. The second-order valence-electron chi connectivity index (χ2n) is 7.56. The normalized spacial score (nSPS) is 16.2. The number of ether oxygens (including phenoxy) is 1. The molecule has 5 nitrogen and oxygen atoms in total. The van der Waals surface area contributed by atoms with Crippen molar-refractivity contribution in [3.8, 4) is 0 Å². The molecule has 0 bridgehead atoms. The Hall–Kier alpha value is -2.86. The van der Waals surface area contributed by atoms with E-state index in [2.05, 4.69) is 12.2 Å². The van der Waals surface area contributed by atoms with Crippen LogP contribution in [0.25, 0.3) is 17.0 Å². The minimum absolute atomic E-state index is 0.307. The Morgan fingerprint density at radius 1 is 1.31 bits per heavy atom. The van der Waals surface area contributed by atoms with E-state index in [4.69, 9.17) is 9.15 Å². The van der Waals surface area contributed by atoms with Crippen molar-refractivity contribution in [1.82, 2.24) is 0 Å². The Morgan fingerprint density at radius 3 is 2.93 bits per heavy atom. The van der Waals surface area contributed by atoms with Gasteiger partial charge in [-0.1, -0.05) is 18.6 Å². The smallest absolute Gasteiger partial charge is 0.341 e. The van der Waals surface area contributed by atoms with Crippen molar-refractivity contribution < 1.29 is 18.7 Å². The SMILES string of the molecule is COC(=O)c1c(NC(=O)/C=C/c2cc3cc(C)ccc3o2)sc2c1CC[C@H](C)C2. The molecular weight excluding hydrogens is 386 g/mol. The number of hydrogen-bond acceptors (Lipinski definition) is 5. The fourth-order valence-corrected chi connectivity index (χ4v) is 5.14. The average Bonchev–Trinajstić information content (AvgIpc) is 3.25. The number of carbonyl (C=O) groups excluding carboxylic acids is 2. The van der Waals surface area contributed by atoms with Crippen molar-refractivity contribution in [3.05, 3.63) is 57.7 Å². The molecule has 1 atom stereocenters. The molecule has 1 amide bonds. The molecule has 3 aromatic rings. The molecule has 0 aliphatic heterocycles. The number of hydrogen-bond donors (Lipinski definition) is 1. The van der Waals surface area contributed by atoms with Crippen LogP contribution in [-0.2, 0) is 22.4 Å². The van der Waals surface area contributed by atoms with Gasteiger partial charge in [-0.3, -0.25) is 4.79 Å². The van der Waals surface area contributed by atoms with Gasteiger partial charge in [0.25, 0.3) is 0 Å². The number of nitrogens with one attached hydrogen (secondary N) is 1. The lowest BCUT2D eigenvalue weighted by atomic mass is 9.88. The third-order valence-corrected chi connectivity index (χ3v) is 6.40. The van der Waals surface area contributed by atoms with Crippen molar-refractivity contribution in [2.45, 2.75) is 33.1 Å². The van der Waals surface area contributed by atoms with Gasteiger partial charge in [-0.2, -0.15) is 0 Å². The lowest BCUT2D eigenvalue weighted by molar-refractivity contribution is -0.111. The first-order valence-electron chi connectivity index (χ1n) is 9.66. The number of amides is 1. The van der Waals surface area contributed by atoms with Gasteiger partial charge in [-0.15, -0.1) is 11.3 Å². The summed E-state index contributed by atoms with van der Waals surface area (Å²) in [6.45, 7) is 4.23. The first-order valence-corrected chi connectivity index (χ1v) is 10.5. The van der Waals surface area contributed by atoms with Crippen LogP contribution >= 0.6 is 11.3 Å². The fraction of sp³-hybridized carbons (Fsp3) is 0.304. The van der Waals surface area contributed by atoms with Crippen molar-refractivity contribution in [2.75, 3.05) is 12.4 Å². The summed E-state index contributed by atoms with van der Waals surface area (Å²) in [6.07, 6.45) is 5.85. The van der Waals surface area contributed by atoms with Gasteiger partial charge < -0.3 is 14.5 Å². The molecule has 1 N–H and O–H groups in total. The Labute approximate surface area is 173 Å². The molecule has 1 aliphatic carbocycles. The standard InChI is InChI=1S/C23H23NO4S/c1-13-5-8-18-15(10-13)12-16(28-18)6-9-20(25)24-22-21(23(26)27-3)17-7-4-14(2)11-19(17)29-22/h5-6,8-10,12,14H,4,7,11H2,1-3H3,(H,24,25)/b9-6+/t14-/m0/s1. The lowest BCUT2D eigenvalue weighted by Gasteiger charge is -2.18. The first-order chi connectivity index (χ1) is 13.9. The number of furan rings is 1. The molecule has 2 heterocycles. The van der Waals surface area contributed by atoms with Crippen LogP contribution < -0.4 is 5.32 Å². The van der Waals surface area contributed by atoms with E-state index in [1.807, 2.05) is 31.2 Å². The summed E-state index contributed by atoms with van der Waals surface area (Å²) in [5.74, 6) is 0.475. The number of carbonyl (C=O) groups is 2. The monoisotopic (exact) mass is 409 g/mol. The third kappa shape index (κ3) is 3.98. The van der Waals surface area contributed by atoms with Crippen LogP contribution in [0.3, 0.4) is 0 Å². The molecule has 0 saturated heterocycles. The van der Waals surface area contributed by atoms with Crippen LogP contribution in [0.2, 0.25) is 0 Å². The van der Waals surface area contributed by atoms with Crippen molar-refractivity contribution >= 4 is 45.3 Å². The molecular formula is C23H23NO4S. The molecule has 4 rings (SSSR count). The second kappa shape index (κ2) is 7.87. The summed E-state index contributed by atoms with van der Waals surface area (Å²) in [6, 6.07) is 7.84. The van der Waals surface area contributed by atoms with Crippen LogP contribution in [0.1, 0.15) is 45.5 Å². The molecule has 2 aromatic heterocycles. The molecule has 6 heteroatoms. The molecule has 0 unspecified atom stereocenters. The lowest BCUT2D eigenvalue weighted by Crippen LogP contribution is -2.14. The number of benzene rings is 1. The quantitative estimate of drug-likeness (QED) is 0.465. The highest BCUT2D eigenvalue weighted by Crippen LogP contribution is 2.40. The summed E-state index contributed by atoms with van der Waals surface area (Å²) < 4.78 is 10.7. The summed E-state index contributed by atoms with van der Waals surface area (Å²) >= 11 is 1.47. The van der Waals surface area contributed by atoms with Gasteiger partial charge >= 0.3 is 5.97 Å². The number of thiophene rings is 1. The first kappa shape index (κ1) is 19.5. The zero-order valence-corrected chi connectivity index (χ0v) is 17.5. The summed E-state index contributed by atoms with van der Waals surface area (Å²) in [5.41, 5.74) is 3.45. The zero-order valence-electron chi connectivity index (χ0n) is 16.7. The van der Waals surface area contributed by atoms with E-state index in [-0.39, 0.29) is 5.91 Å². The Kier molecular flexibility index (Phi) is 5.28. The maximum atomic E-state index is 12.5. The van der Waals surface area contributed by atoms with E-state index in [9.17, 15) is 9.59 Å². The number of anilines is 1. The fourth-order valence-electron chi connectivity index (χ4n) is 3.73. The molecule has 0 radical (unpaired) electrons.